The van der Waals surface area contributed by atoms with E-state index in [0.717, 1.165) is 18.8 Å². The third kappa shape index (κ3) is 9.90. The highest BCUT2D eigenvalue weighted by atomic mass is 31.2. The largest absolute Gasteiger partial charge is 0.325 e. The number of hydrogen-bond donors (Lipinski definition) is 2. The number of rotatable bonds is 15. The summed E-state index contributed by atoms with van der Waals surface area (Å²) in [4.78, 5) is 17.7. The van der Waals surface area contributed by atoms with Gasteiger partial charge in [-0.25, -0.2) is 0 Å². The van der Waals surface area contributed by atoms with Crippen LogP contribution in [0.3, 0.4) is 0 Å². The van der Waals surface area contributed by atoms with E-state index in [4.69, 9.17) is 9.79 Å². The SMILES string of the molecule is CCC(CC)(CCCCCCCCCCCP(=O)(O)O)C1CCCCC1. The maximum atomic E-state index is 10.8. The van der Waals surface area contributed by atoms with Crippen LogP contribution < -0.4 is 0 Å². The van der Waals surface area contributed by atoms with Gasteiger partial charge in [-0.2, -0.15) is 0 Å². The Kier molecular flexibility index (Phi) is 12.4. The molecule has 0 heterocycles. The van der Waals surface area contributed by atoms with Crippen molar-refractivity contribution in [1.82, 2.24) is 0 Å². The Balaban J connectivity index is 2.05. The quantitative estimate of drug-likeness (QED) is 0.226. The standard InChI is InChI=1S/C22H45O3P/c1-3-22(4-2,21-17-13-12-14-18-21)19-15-10-8-6-5-7-9-11-16-20-26(23,24)25/h21H,3-20H2,1-2H3,(H2,23,24,25). The molecule has 156 valence electrons. The molecule has 1 aliphatic rings. The van der Waals surface area contributed by atoms with E-state index < -0.39 is 7.60 Å². The van der Waals surface area contributed by atoms with Crippen molar-refractivity contribution in [2.75, 3.05) is 6.16 Å². The van der Waals surface area contributed by atoms with Gasteiger partial charge in [-0.15, -0.1) is 0 Å². The summed E-state index contributed by atoms with van der Waals surface area (Å²) in [5.74, 6) is 0.986. The molecule has 0 aromatic carbocycles. The molecule has 1 aliphatic carbocycles. The number of hydrogen-bond acceptors (Lipinski definition) is 1. The molecule has 0 atom stereocenters. The topological polar surface area (TPSA) is 57.5 Å². The van der Waals surface area contributed by atoms with Gasteiger partial charge in [0.1, 0.15) is 0 Å². The summed E-state index contributed by atoms with van der Waals surface area (Å²) in [6.45, 7) is 4.84. The van der Waals surface area contributed by atoms with E-state index in [9.17, 15) is 4.57 Å². The lowest BCUT2D eigenvalue weighted by Gasteiger charge is -2.42. The predicted molar refractivity (Wildman–Crippen MR) is 113 cm³/mol. The first kappa shape index (κ1) is 24.2. The van der Waals surface area contributed by atoms with Crippen LogP contribution in [0.1, 0.15) is 123 Å². The first-order valence-electron chi connectivity index (χ1n) is 11.5. The highest BCUT2D eigenvalue weighted by Gasteiger charge is 2.35. The molecule has 1 fully saturated rings. The molecule has 0 aromatic heterocycles. The van der Waals surface area contributed by atoms with Crippen LogP contribution in [0.4, 0.5) is 0 Å². The lowest BCUT2D eigenvalue weighted by molar-refractivity contribution is 0.0888. The van der Waals surface area contributed by atoms with E-state index in [-0.39, 0.29) is 6.16 Å². The molecule has 0 amide bonds. The van der Waals surface area contributed by atoms with E-state index in [1.165, 1.54) is 89.9 Å². The Hall–Kier alpha value is 0.150. The Labute approximate surface area is 162 Å². The summed E-state index contributed by atoms with van der Waals surface area (Å²) in [6, 6.07) is 0. The van der Waals surface area contributed by atoms with Crippen molar-refractivity contribution in [2.45, 2.75) is 123 Å². The zero-order chi connectivity index (χ0) is 19.3. The van der Waals surface area contributed by atoms with Gasteiger partial charge in [0.2, 0.25) is 0 Å². The van der Waals surface area contributed by atoms with Gasteiger partial charge >= 0.3 is 7.60 Å². The lowest BCUT2D eigenvalue weighted by atomic mass is 9.63. The molecule has 1 saturated carbocycles. The minimum absolute atomic E-state index is 0.0601. The monoisotopic (exact) mass is 388 g/mol. The second-order valence-electron chi connectivity index (χ2n) is 8.72. The zero-order valence-electron chi connectivity index (χ0n) is 17.6. The Bertz CT molecular complexity index is 381. The average Bonchev–Trinajstić information content (AvgIpc) is 2.63. The molecule has 4 heteroatoms. The van der Waals surface area contributed by atoms with E-state index in [2.05, 4.69) is 13.8 Å². The second kappa shape index (κ2) is 13.3. The average molecular weight is 389 g/mol. The van der Waals surface area contributed by atoms with Crippen LogP contribution in [-0.4, -0.2) is 15.9 Å². The minimum Gasteiger partial charge on any atom is -0.324 e. The predicted octanol–water partition coefficient (Wildman–Crippen LogP) is 7.45. The highest BCUT2D eigenvalue weighted by Crippen LogP contribution is 2.47. The normalized spacial score (nSPS) is 16.9. The molecular weight excluding hydrogens is 343 g/mol. The summed E-state index contributed by atoms with van der Waals surface area (Å²) in [5.41, 5.74) is 0.624. The van der Waals surface area contributed by atoms with E-state index >= 15 is 0 Å². The fraction of sp³-hybridized carbons (Fsp3) is 1.00. The molecule has 0 saturated heterocycles. The zero-order valence-corrected chi connectivity index (χ0v) is 18.4. The maximum absolute atomic E-state index is 10.8. The highest BCUT2D eigenvalue weighted by molar-refractivity contribution is 7.51. The van der Waals surface area contributed by atoms with Crippen molar-refractivity contribution in [3.05, 3.63) is 0 Å². The molecule has 26 heavy (non-hydrogen) atoms. The first-order chi connectivity index (χ1) is 12.4. The molecule has 0 spiro atoms. The summed E-state index contributed by atoms with van der Waals surface area (Å²) < 4.78 is 10.8. The van der Waals surface area contributed by atoms with Gasteiger partial charge in [0, 0.05) is 6.16 Å². The van der Waals surface area contributed by atoms with Crippen molar-refractivity contribution in [2.24, 2.45) is 11.3 Å². The van der Waals surface area contributed by atoms with Crippen LogP contribution in [0.25, 0.3) is 0 Å². The van der Waals surface area contributed by atoms with Crippen LogP contribution in [-0.2, 0) is 4.57 Å². The molecule has 0 aromatic rings. The third-order valence-electron chi connectivity index (χ3n) is 7.00. The molecule has 2 N–H and O–H groups in total. The second-order valence-corrected chi connectivity index (χ2v) is 10.5. The van der Waals surface area contributed by atoms with Gasteiger partial charge in [0.15, 0.2) is 0 Å². The Morgan fingerprint density at radius 3 is 1.69 bits per heavy atom. The van der Waals surface area contributed by atoms with Crippen molar-refractivity contribution in [3.63, 3.8) is 0 Å². The van der Waals surface area contributed by atoms with E-state index in [1.54, 1.807) is 0 Å². The molecule has 1 rings (SSSR count). The van der Waals surface area contributed by atoms with Gasteiger partial charge < -0.3 is 9.79 Å². The molecule has 0 aliphatic heterocycles. The number of unbranched alkanes of at least 4 members (excludes halogenated alkanes) is 8. The Morgan fingerprint density at radius 1 is 0.769 bits per heavy atom. The molecular formula is C22H45O3P. The smallest absolute Gasteiger partial charge is 0.324 e. The summed E-state index contributed by atoms with van der Waals surface area (Å²) in [7, 11) is -3.77. The van der Waals surface area contributed by atoms with Gasteiger partial charge in [0.25, 0.3) is 0 Å². The summed E-state index contributed by atoms with van der Waals surface area (Å²) in [5, 5.41) is 0. The lowest BCUT2D eigenvalue weighted by Crippen LogP contribution is -2.31. The van der Waals surface area contributed by atoms with Gasteiger partial charge in [0.05, 0.1) is 0 Å². The van der Waals surface area contributed by atoms with Crippen LogP contribution >= 0.6 is 7.60 Å². The van der Waals surface area contributed by atoms with Gasteiger partial charge in [-0.3, -0.25) is 4.57 Å². The fourth-order valence-corrected chi connectivity index (χ4v) is 5.77. The molecule has 0 unspecified atom stereocenters. The van der Waals surface area contributed by atoms with Gasteiger partial charge in [-0.1, -0.05) is 97.3 Å². The van der Waals surface area contributed by atoms with Gasteiger partial charge in [-0.05, 0) is 37.0 Å². The van der Waals surface area contributed by atoms with Crippen LogP contribution in [0, 0.1) is 11.3 Å². The van der Waals surface area contributed by atoms with Crippen molar-refractivity contribution in [1.29, 1.82) is 0 Å². The Morgan fingerprint density at radius 2 is 1.23 bits per heavy atom. The molecule has 0 radical (unpaired) electrons. The van der Waals surface area contributed by atoms with Crippen LogP contribution in [0.2, 0.25) is 0 Å². The van der Waals surface area contributed by atoms with Crippen molar-refractivity contribution in [3.8, 4) is 0 Å². The third-order valence-corrected chi connectivity index (χ3v) is 7.90. The summed E-state index contributed by atoms with van der Waals surface area (Å²) >= 11 is 0. The first-order valence-corrected chi connectivity index (χ1v) is 13.3. The molecule has 3 nitrogen and oxygen atoms in total. The summed E-state index contributed by atoms with van der Waals surface area (Å²) in [6.07, 6.45) is 22.3. The fourth-order valence-electron chi connectivity index (χ4n) is 5.13. The van der Waals surface area contributed by atoms with E-state index in [1.807, 2.05) is 0 Å². The van der Waals surface area contributed by atoms with Crippen molar-refractivity contribution >= 4 is 7.60 Å². The maximum Gasteiger partial charge on any atom is 0.325 e. The minimum atomic E-state index is -3.77. The van der Waals surface area contributed by atoms with E-state index in [0.29, 0.717) is 11.8 Å². The van der Waals surface area contributed by atoms with Crippen LogP contribution in [0.5, 0.6) is 0 Å². The van der Waals surface area contributed by atoms with Crippen molar-refractivity contribution < 1.29 is 14.4 Å². The molecule has 0 bridgehead atoms. The van der Waals surface area contributed by atoms with Crippen LogP contribution in [0.15, 0.2) is 0 Å².